The number of aliphatic hydroxyl groups excluding tert-OH is 1. The maximum absolute atomic E-state index is 13.2. The highest BCUT2D eigenvalue weighted by atomic mass is 16.5. The van der Waals surface area contributed by atoms with E-state index in [2.05, 4.69) is 0 Å². The van der Waals surface area contributed by atoms with Gasteiger partial charge in [0.05, 0.1) is 31.4 Å². The number of nitrogens with zero attached hydrogens (tertiary/aromatic N) is 1. The highest BCUT2D eigenvalue weighted by molar-refractivity contribution is 6.46. The van der Waals surface area contributed by atoms with Gasteiger partial charge in [0.2, 0.25) is 0 Å². The van der Waals surface area contributed by atoms with Crippen LogP contribution in [-0.2, 0) is 14.3 Å². The molecule has 1 saturated heterocycles. The van der Waals surface area contributed by atoms with Crippen molar-refractivity contribution in [2.75, 3.05) is 34.5 Å². The number of aliphatic hydroxyl groups is 1. The number of carbonyl (C=O) groups is 2. The summed E-state index contributed by atoms with van der Waals surface area (Å²) in [5.41, 5.74) is 2.72. The predicted octanol–water partition coefficient (Wildman–Crippen LogP) is 3.78. The Morgan fingerprint density at radius 3 is 2.44 bits per heavy atom. The summed E-state index contributed by atoms with van der Waals surface area (Å²) in [5, 5.41) is 11.4. The molecule has 1 N–H and O–H groups in total. The molecule has 170 valence electrons. The number of aryl methyl sites for hydroxylation is 2. The zero-order chi connectivity index (χ0) is 23.4. The van der Waals surface area contributed by atoms with Crippen molar-refractivity contribution in [3.8, 4) is 11.5 Å². The van der Waals surface area contributed by atoms with E-state index in [0.29, 0.717) is 42.2 Å². The van der Waals surface area contributed by atoms with E-state index in [0.717, 1.165) is 11.1 Å². The molecule has 1 amide bonds. The molecule has 32 heavy (non-hydrogen) atoms. The Labute approximate surface area is 188 Å². The number of likely N-dealkylation sites (tertiary alicyclic amines) is 1. The van der Waals surface area contributed by atoms with Crippen LogP contribution in [0, 0.1) is 13.8 Å². The molecule has 7 nitrogen and oxygen atoms in total. The molecule has 0 aliphatic carbocycles. The van der Waals surface area contributed by atoms with E-state index in [1.807, 2.05) is 32.0 Å². The summed E-state index contributed by atoms with van der Waals surface area (Å²) >= 11 is 0. The summed E-state index contributed by atoms with van der Waals surface area (Å²) in [7, 11) is 4.62. The van der Waals surface area contributed by atoms with Gasteiger partial charge >= 0.3 is 0 Å². The van der Waals surface area contributed by atoms with Crippen LogP contribution in [0.5, 0.6) is 11.5 Å². The molecule has 2 aromatic rings. The Morgan fingerprint density at radius 2 is 1.78 bits per heavy atom. The number of hydrogen-bond donors (Lipinski definition) is 1. The fourth-order valence-electron chi connectivity index (χ4n) is 4.25. The molecule has 0 bridgehead atoms. The van der Waals surface area contributed by atoms with E-state index in [1.165, 1.54) is 19.1 Å². The zero-order valence-electron chi connectivity index (χ0n) is 19.1. The topological polar surface area (TPSA) is 85.3 Å². The van der Waals surface area contributed by atoms with Crippen molar-refractivity contribution < 1.29 is 28.9 Å². The number of hydrogen-bond acceptors (Lipinski definition) is 6. The molecule has 1 fully saturated rings. The Balaban J connectivity index is 2.26. The van der Waals surface area contributed by atoms with Crippen molar-refractivity contribution in [1.29, 1.82) is 0 Å². The number of para-hydroxylation sites is 1. The minimum atomic E-state index is -0.798. The molecule has 0 aromatic heterocycles. The van der Waals surface area contributed by atoms with Gasteiger partial charge in [0.15, 0.2) is 0 Å². The highest BCUT2D eigenvalue weighted by Gasteiger charge is 2.47. The molecule has 1 aliphatic rings. The summed E-state index contributed by atoms with van der Waals surface area (Å²) in [5.74, 6) is -0.692. The van der Waals surface area contributed by atoms with Gasteiger partial charge in [0.25, 0.3) is 11.7 Å². The maximum Gasteiger partial charge on any atom is 0.295 e. The third-order valence-electron chi connectivity index (χ3n) is 5.60. The Hall–Kier alpha value is -3.32. The quantitative estimate of drug-likeness (QED) is 0.292. The van der Waals surface area contributed by atoms with Gasteiger partial charge in [-0.05, 0) is 43.5 Å². The van der Waals surface area contributed by atoms with E-state index in [4.69, 9.17) is 14.2 Å². The van der Waals surface area contributed by atoms with Crippen molar-refractivity contribution in [3.63, 3.8) is 0 Å². The van der Waals surface area contributed by atoms with Crippen molar-refractivity contribution >= 4 is 17.4 Å². The van der Waals surface area contributed by atoms with Gasteiger partial charge in [0.1, 0.15) is 17.3 Å². The summed E-state index contributed by atoms with van der Waals surface area (Å²) in [6.45, 7) is 4.49. The lowest BCUT2D eigenvalue weighted by molar-refractivity contribution is -0.140. The number of benzene rings is 2. The zero-order valence-corrected chi connectivity index (χ0v) is 19.1. The average molecular weight is 440 g/mol. The smallest absolute Gasteiger partial charge is 0.295 e. The fraction of sp³-hybridized carbons (Fsp3) is 0.360. The first-order chi connectivity index (χ1) is 15.3. The lowest BCUT2D eigenvalue weighted by atomic mass is 9.93. The molecule has 1 heterocycles. The minimum absolute atomic E-state index is 0.0141. The molecule has 0 radical (unpaired) electrons. The van der Waals surface area contributed by atoms with E-state index in [-0.39, 0.29) is 11.3 Å². The number of amides is 1. The molecule has 1 atom stereocenters. The van der Waals surface area contributed by atoms with Crippen molar-refractivity contribution in [2.45, 2.75) is 26.3 Å². The first-order valence-corrected chi connectivity index (χ1v) is 10.4. The largest absolute Gasteiger partial charge is 0.507 e. The maximum atomic E-state index is 13.2. The second kappa shape index (κ2) is 9.87. The van der Waals surface area contributed by atoms with Crippen LogP contribution in [-0.4, -0.2) is 56.2 Å². The van der Waals surface area contributed by atoms with Crippen molar-refractivity contribution in [3.05, 3.63) is 64.2 Å². The van der Waals surface area contributed by atoms with E-state index < -0.39 is 17.7 Å². The van der Waals surface area contributed by atoms with E-state index in [9.17, 15) is 14.7 Å². The molecule has 3 rings (SSSR count). The second-order valence-electron chi connectivity index (χ2n) is 7.74. The summed E-state index contributed by atoms with van der Waals surface area (Å²) in [6, 6.07) is 10.1. The summed E-state index contributed by atoms with van der Waals surface area (Å²) in [6.07, 6.45) is 0.544. The first-order valence-electron chi connectivity index (χ1n) is 10.4. The highest BCUT2D eigenvalue weighted by Crippen LogP contribution is 2.44. The van der Waals surface area contributed by atoms with Gasteiger partial charge < -0.3 is 24.2 Å². The molecule has 7 heteroatoms. The number of rotatable bonds is 8. The van der Waals surface area contributed by atoms with Crippen LogP contribution in [0.4, 0.5) is 0 Å². The lowest BCUT2D eigenvalue weighted by Crippen LogP contribution is -2.31. The molecule has 0 spiro atoms. The lowest BCUT2D eigenvalue weighted by Gasteiger charge is -2.26. The van der Waals surface area contributed by atoms with Crippen molar-refractivity contribution in [2.24, 2.45) is 0 Å². The normalized spacial score (nSPS) is 17.7. The summed E-state index contributed by atoms with van der Waals surface area (Å²) in [4.78, 5) is 27.7. The number of ether oxygens (including phenoxy) is 3. The van der Waals surface area contributed by atoms with Crippen LogP contribution in [0.15, 0.2) is 42.0 Å². The van der Waals surface area contributed by atoms with Gasteiger partial charge in [0, 0.05) is 25.8 Å². The minimum Gasteiger partial charge on any atom is -0.507 e. The van der Waals surface area contributed by atoms with E-state index >= 15 is 0 Å². The standard InChI is InChI=1S/C25H29NO6/c1-15-13-16(2)24(32-5)18(14-15)22(27)20-21(17-9-6-7-10-19(17)31-4)26(11-8-12-30-3)25(29)23(20)28/h6-7,9-10,13-14,21,27H,8,11-12H2,1-5H3/b22-20+. The Bertz CT molecular complexity index is 1060. The molecule has 1 aliphatic heterocycles. The number of carbonyl (C=O) groups excluding carboxylic acids is 2. The third-order valence-corrected chi connectivity index (χ3v) is 5.60. The summed E-state index contributed by atoms with van der Waals surface area (Å²) < 4.78 is 16.2. The van der Waals surface area contributed by atoms with E-state index in [1.54, 1.807) is 25.3 Å². The SMILES string of the molecule is COCCCN1C(=O)C(=O)/C(=C(/O)c2cc(C)cc(C)c2OC)C1c1ccccc1OC. The molecular formula is C25H29NO6. The number of methoxy groups -OCH3 is 3. The van der Waals surface area contributed by atoms with Crippen LogP contribution in [0.25, 0.3) is 5.76 Å². The fourth-order valence-corrected chi connectivity index (χ4v) is 4.25. The molecule has 0 saturated carbocycles. The van der Waals surface area contributed by atoms with Gasteiger partial charge in [-0.15, -0.1) is 0 Å². The number of ketones is 1. The van der Waals surface area contributed by atoms with Crippen LogP contribution in [0.1, 0.15) is 34.7 Å². The predicted molar refractivity (Wildman–Crippen MR) is 121 cm³/mol. The Kier molecular flexibility index (Phi) is 7.20. The first kappa shape index (κ1) is 23.3. The van der Waals surface area contributed by atoms with Crippen LogP contribution in [0.3, 0.4) is 0 Å². The second-order valence-corrected chi connectivity index (χ2v) is 7.74. The monoisotopic (exact) mass is 439 g/mol. The van der Waals surface area contributed by atoms with Gasteiger partial charge in [-0.3, -0.25) is 9.59 Å². The van der Waals surface area contributed by atoms with Gasteiger partial charge in [-0.2, -0.15) is 0 Å². The average Bonchev–Trinajstić information content (AvgIpc) is 3.03. The molecule has 1 unspecified atom stereocenters. The molecular weight excluding hydrogens is 410 g/mol. The third kappa shape index (κ3) is 4.21. The van der Waals surface area contributed by atoms with Crippen LogP contribution >= 0.6 is 0 Å². The van der Waals surface area contributed by atoms with Crippen LogP contribution in [0.2, 0.25) is 0 Å². The molecule has 2 aromatic carbocycles. The van der Waals surface area contributed by atoms with Gasteiger partial charge in [-0.1, -0.05) is 24.3 Å². The van der Waals surface area contributed by atoms with Crippen LogP contribution < -0.4 is 9.47 Å². The Morgan fingerprint density at radius 1 is 1.06 bits per heavy atom. The van der Waals surface area contributed by atoms with Gasteiger partial charge in [-0.25, -0.2) is 0 Å². The van der Waals surface area contributed by atoms with Crippen molar-refractivity contribution in [1.82, 2.24) is 4.90 Å². The number of Topliss-reactive ketones (excluding diaryl/α,β-unsaturated/α-hetero) is 1.